The van der Waals surface area contributed by atoms with E-state index >= 15 is 0 Å². The quantitative estimate of drug-likeness (QED) is 0.700. The van der Waals surface area contributed by atoms with Gasteiger partial charge in [-0.25, -0.2) is 0 Å². The predicted molar refractivity (Wildman–Crippen MR) is 57.7 cm³/mol. The van der Waals surface area contributed by atoms with Gasteiger partial charge in [0.25, 0.3) is 0 Å². The van der Waals surface area contributed by atoms with Gasteiger partial charge in [-0.1, -0.05) is 30.3 Å². The predicted octanol–water partition coefficient (Wildman–Crippen LogP) is 2.70. The molecule has 1 aliphatic carbocycles. The molecule has 0 aromatic heterocycles. The van der Waals surface area contributed by atoms with Crippen LogP contribution in [0, 0.1) is 0 Å². The van der Waals surface area contributed by atoms with E-state index in [0.717, 1.165) is 19.6 Å². The molecular weight excluding hydrogens is 188 g/mol. The average Bonchev–Trinajstić information content (AvgIpc) is 2.91. The zero-order valence-corrected chi connectivity index (χ0v) is 8.82. The molecule has 1 saturated heterocycles. The fraction of sp³-hybridized carbons (Fsp3) is 0.538. The summed E-state index contributed by atoms with van der Waals surface area (Å²) in [4.78, 5) is 0. The van der Waals surface area contributed by atoms with Crippen molar-refractivity contribution < 1.29 is 9.47 Å². The zero-order chi connectivity index (χ0) is 10.1. The molecule has 1 saturated carbocycles. The van der Waals surface area contributed by atoms with Crippen molar-refractivity contribution in [2.24, 2.45) is 0 Å². The van der Waals surface area contributed by atoms with Crippen LogP contribution in [-0.2, 0) is 9.47 Å². The Hall–Kier alpha value is -0.860. The maximum Gasteiger partial charge on any atom is 0.175 e. The molecule has 80 valence electrons. The highest BCUT2D eigenvalue weighted by Crippen LogP contribution is 2.47. The molecule has 1 heterocycles. The second-order valence-electron chi connectivity index (χ2n) is 4.36. The average molecular weight is 204 g/mol. The zero-order valence-electron chi connectivity index (χ0n) is 8.82. The largest absolute Gasteiger partial charge is 0.347 e. The van der Waals surface area contributed by atoms with Crippen LogP contribution in [0.5, 0.6) is 0 Å². The second kappa shape index (κ2) is 3.62. The van der Waals surface area contributed by atoms with E-state index in [4.69, 9.17) is 9.47 Å². The van der Waals surface area contributed by atoms with Gasteiger partial charge in [-0.2, -0.15) is 0 Å². The van der Waals surface area contributed by atoms with E-state index in [1.54, 1.807) is 0 Å². The molecule has 0 bridgehead atoms. The van der Waals surface area contributed by atoms with E-state index in [0.29, 0.717) is 5.92 Å². The smallest absolute Gasteiger partial charge is 0.175 e. The molecule has 0 N–H and O–H groups in total. The summed E-state index contributed by atoms with van der Waals surface area (Å²) in [5.74, 6) is 0.141. The maximum atomic E-state index is 5.85. The molecule has 1 aromatic rings. The van der Waals surface area contributed by atoms with Crippen LogP contribution in [-0.4, -0.2) is 19.0 Å². The molecule has 0 amide bonds. The lowest BCUT2D eigenvalue weighted by atomic mass is 9.93. The van der Waals surface area contributed by atoms with E-state index in [9.17, 15) is 0 Å². The van der Waals surface area contributed by atoms with Gasteiger partial charge in [-0.05, 0) is 18.4 Å². The van der Waals surface area contributed by atoms with Crippen LogP contribution >= 0.6 is 0 Å². The van der Waals surface area contributed by atoms with Crippen molar-refractivity contribution in [3.8, 4) is 0 Å². The van der Waals surface area contributed by atoms with Crippen LogP contribution in [0.15, 0.2) is 30.3 Å². The molecule has 2 nitrogen and oxygen atoms in total. The van der Waals surface area contributed by atoms with Crippen molar-refractivity contribution in [2.75, 3.05) is 13.2 Å². The highest BCUT2D eigenvalue weighted by Gasteiger charge is 2.48. The van der Waals surface area contributed by atoms with E-state index in [1.807, 2.05) is 0 Å². The third kappa shape index (κ3) is 1.48. The van der Waals surface area contributed by atoms with Gasteiger partial charge in [0.15, 0.2) is 5.79 Å². The minimum atomic E-state index is -0.290. The second-order valence-corrected chi connectivity index (χ2v) is 4.36. The molecule has 1 unspecified atom stereocenters. The topological polar surface area (TPSA) is 18.5 Å². The normalized spacial score (nSPS) is 28.7. The number of rotatable bonds is 1. The Labute approximate surface area is 90.2 Å². The summed E-state index contributed by atoms with van der Waals surface area (Å²) in [6.07, 6.45) is 3.44. The summed E-state index contributed by atoms with van der Waals surface area (Å²) in [5, 5.41) is 0. The highest BCUT2D eigenvalue weighted by molar-refractivity contribution is 5.23. The standard InChI is InChI=1S/C13H16O2/c1-2-5-11(6-3-1)12-7-4-8-13(12)14-9-10-15-13/h1-3,5-6,12H,4,7-10H2. The van der Waals surface area contributed by atoms with Crippen LogP contribution in [0.3, 0.4) is 0 Å². The van der Waals surface area contributed by atoms with Gasteiger partial charge in [-0.15, -0.1) is 0 Å². The van der Waals surface area contributed by atoms with Gasteiger partial charge < -0.3 is 9.47 Å². The Morgan fingerprint density at radius 3 is 2.53 bits per heavy atom. The molecule has 2 heteroatoms. The Morgan fingerprint density at radius 1 is 1.07 bits per heavy atom. The Bertz CT molecular complexity index is 322. The first-order chi connectivity index (χ1) is 7.41. The van der Waals surface area contributed by atoms with Crippen LogP contribution in [0.4, 0.5) is 0 Å². The number of benzene rings is 1. The monoisotopic (exact) mass is 204 g/mol. The van der Waals surface area contributed by atoms with Gasteiger partial charge in [-0.3, -0.25) is 0 Å². The summed E-state index contributed by atoms with van der Waals surface area (Å²) < 4.78 is 11.7. The van der Waals surface area contributed by atoms with E-state index in [-0.39, 0.29) is 5.79 Å². The van der Waals surface area contributed by atoms with Gasteiger partial charge in [0.1, 0.15) is 0 Å². The molecule has 2 fully saturated rings. The molecule has 0 radical (unpaired) electrons. The van der Waals surface area contributed by atoms with Crippen molar-refractivity contribution in [3.05, 3.63) is 35.9 Å². The lowest BCUT2D eigenvalue weighted by molar-refractivity contribution is -0.162. The molecule has 3 rings (SSSR count). The SMILES string of the molecule is c1ccc(C2CCCC23OCCO3)cc1. The number of ether oxygens (including phenoxy) is 2. The van der Waals surface area contributed by atoms with Crippen LogP contribution in [0.1, 0.15) is 30.7 Å². The molecular formula is C13H16O2. The third-order valence-electron chi connectivity index (χ3n) is 3.53. The lowest BCUT2D eigenvalue weighted by Crippen LogP contribution is -2.32. The fourth-order valence-electron chi connectivity index (χ4n) is 2.87. The van der Waals surface area contributed by atoms with E-state index < -0.39 is 0 Å². The Morgan fingerprint density at radius 2 is 1.80 bits per heavy atom. The summed E-state index contributed by atoms with van der Waals surface area (Å²) in [7, 11) is 0. The third-order valence-corrected chi connectivity index (χ3v) is 3.53. The fourth-order valence-corrected chi connectivity index (χ4v) is 2.87. The Kier molecular flexibility index (Phi) is 2.26. The van der Waals surface area contributed by atoms with Crippen molar-refractivity contribution in [1.82, 2.24) is 0 Å². The first-order valence-corrected chi connectivity index (χ1v) is 5.74. The highest BCUT2D eigenvalue weighted by atomic mass is 16.7. The van der Waals surface area contributed by atoms with Crippen molar-refractivity contribution in [2.45, 2.75) is 31.0 Å². The number of hydrogen-bond donors (Lipinski definition) is 0. The minimum absolute atomic E-state index is 0.290. The molecule has 1 aromatic carbocycles. The molecule has 15 heavy (non-hydrogen) atoms. The first-order valence-electron chi connectivity index (χ1n) is 5.74. The van der Waals surface area contributed by atoms with Crippen LogP contribution in [0.2, 0.25) is 0 Å². The molecule has 1 atom stereocenters. The van der Waals surface area contributed by atoms with Gasteiger partial charge >= 0.3 is 0 Å². The van der Waals surface area contributed by atoms with E-state index in [2.05, 4.69) is 30.3 Å². The van der Waals surface area contributed by atoms with Crippen molar-refractivity contribution in [3.63, 3.8) is 0 Å². The number of hydrogen-bond acceptors (Lipinski definition) is 2. The summed E-state index contributed by atoms with van der Waals surface area (Å²) in [6.45, 7) is 1.51. The summed E-state index contributed by atoms with van der Waals surface area (Å²) in [6, 6.07) is 10.6. The summed E-state index contributed by atoms with van der Waals surface area (Å²) in [5.41, 5.74) is 1.36. The van der Waals surface area contributed by atoms with Gasteiger partial charge in [0.2, 0.25) is 0 Å². The first kappa shape index (κ1) is 9.37. The van der Waals surface area contributed by atoms with E-state index in [1.165, 1.54) is 18.4 Å². The molecule has 2 aliphatic rings. The maximum absolute atomic E-state index is 5.85. The Balaban J connectivity index is 1.92. The van der Waals surface area contributed by atoms with Gasteiger partial charge in [0.05, 0.1) is 13.2 Å². The van der Waals surface area contributed by atoms with Crippen molar-refractivity contribution >= 4 is 0 Å². The minimum Gasteiger partial charge on any atom is -0.347 e. The van der Waals surface area contributed by atoms with Gasteiger partial charge in [0, 0.05) is 12.3 Å². The lowest BCUT2D eigenvalue weighted by Gasteiger charge is -2.29. The van der Waals surface area contributed by atoms with Crippen LogP contribution < -0.4 is 0 Å². The summed E-state index contributed by atoms with van der Waals surface area (Å²) >= 11 is 0. The molecule has 1 spiro atoms. The van der Waals surface area contributed by atoms with Crippen LogP contribution in [0.25, 0.3) is 0 Å². The molecule has 1 aliphatic heterocycles. The van der Waals surface area contributed by atoms with Crippen molar-refractivity contribution in [1.29, 1.82) is 0 Å².